The number of nitrogens with two attached hydrogens (primary N) is 1. The number of hydrogen-bond acceptors (Lipinski definition) is 6. The summed E-state index contributed by atoms with van der Waals surface area (Å²) in [6.45, 7) is 0.644. The predicted octanol–water partition coefficient (Wildman–Crippen LogP) is 4.59. The Morgan fingerprint density at radius 2 is 1.55 bits per heavy atom. The van der Waals surface area contributed by atoms with Crippen molar-refractivity contribution in [3.63, 3.8) is 0 Å². The number of fused-ring (bicyclic) bond motifs is 3. The van der Waals surface area contributed by atoms with Crippen molar-refractivity contribution in [1.82, 2.24) is 0 Å². The maximum Gasteiger partial charge on any atom is 0.531 e. The highest BCUT2D eigenvalue weighted by molar-refractivity contribution is 7.48. The molecule has 1 aliphatic carbocycles. The van der Waals surface area contributed by atoms with E-state index in [1.807, 2.05) is 48.5 Å². The van der Waals surface area contributed by atoms with Gasteiger partial charge in [0, 0.05) is 5.92 Å². The molecule has 8 heteroatoms. The normalized spacial score (nSPS) is 14.7. The number of rotatable bonds is 10. The van der Waals surface area contributed by atoms with Crippen LogP contribution >= 0.6 is 7.82 Å². The van der Waals surface area contributed by atoms with Crippen LogP contribution in [0.25, 0.3) is 11.1 Å². The van der Waals surface area contributed by atoms with Gasteiger partial charge in [0.05, 0.1) is 6.61 Å². The number of phosphoric acid groups is 1. The first kappa shape index (κ1) is 21.5. The van der Waals surface area contributed by atoms with Gasteiger partial charge in [0.25, 0.3) is 0 Å². The second-order valence-corrected chi connectivity index (χ2v) is 8.26. The zero-order valence-electron chi connectivity index (χ0n) is 16.2. The maximum atomic E-state index is 11.9. The minimum Gasteiger partial charge on any atom is -0.433 e. The van der Waals surface area contributed by atoms with Crippen molar-refractivity contribution in [2.24, 2.45) is 5.73 Å². The first-order chi connectivity index (χ1) is 14.0. The van der Waals surface area contributed by atoms with Crippen LogP contribution in [0, 0.1) is 0 Å². The molecule has 0 fully saturated rings. The Labute approximate surface area is 170 Å². The van der Waals surface area contributed by atoms with Gasteiger partial charge in [0.1, 0.15) is 6.61 Å². The molecule has 1 aliphatic rings. The van der Waals surface area contributed by atoms with Crippen molar-refractivity contribution in [3.05, 3.63) is 59.7 Å². The van der Waals surface area contributed by atoms with E-state index in [1.54, 1.807) is 0 Å². The van der Waals surface area contributed by atoms with E-state index in [-0.39, 0.29) is 19.1 Å². The Morgan fingerprint density at radius 3 is 2.17 bits per heavy atom. The summed E-state index contributed by atoms with van der Waals surface area (Å²) >= 11 is 0. The Bertz CT molecular complexity index is 841. The number of phosphoric ester groups is 1. The molecule has 0 bridgehead atoms. The molecule has 2 aromatic carbocycles. The SMILES string of the molecule is NCCCCCCOP(=O)(O)OC(=O)OCC1c2ccccc2-c2ccccc21. The van der Waals surface area contributed by atoms with E-state index in [9.17, 15) is 14.3 Å². The van der Waals surface area contributed by atoms with E-state index in [0.717, 1.165) is 41.5 Å². The smallest absolute Gasteiger partial charge is 0.433 e. The lowest BCUT2D eigenvalue weighted by atomic mass is 9.98. The van der Waals surface area contributed by atoms with Crippen LogP contribution in [0.5, 0.6) is 0 Å². The molecule has 3 N–H and O–H groups in total. The maximum absolute atomic E-state index is 11.9. The van der Waals surface area contributed by atoms with Gasteiger partial charge in [-0.15, -0.1) is 0 Å². The zero-order valence-corrected chi connectivity index (χ0v) is 17.1. The molecular formula is C21H26NO6P. The third-order valence-corrected chi connectivity index (χ3v) is 5.76. The number of hydrogen-bond donors (Lipinski definition) is 2. The minimum atomic E-state index is -4.50. The lowest BCUT2D eigenvalue weighted by molar-refractivity contribution is 0.0761. The molecule has 0 aromatic heterocycles. The Balaban J connectivity index is 1.51. The van der Waals surface area contributed by atoms with Gasteiger partial charge >= 0.3 is 14.0 Å². The number of ether oxygens (including phenoxy) is 1. The number of carbonyl (C=O) groups is 1. The largest absolute Gasteiger partial charge is 0.531 e. The number of unbranched alkanes of at least 4 members (excludes halogenated alkanes) is 3. The molecule has 2 aromatic rings. The summed E-state index contributed by atoms with van der Waals surface area (Å²) in [6, 6.07) is 15.8. The van der Waals surface area contributed by atoms with Crippen LogP contribution in [0.15, 0.2) is 48.5 Å². The van der Waals surface area contributed by atoms with Crippen LogP contribution in [0.1, 0.15) is 42.7 Å². The second-order valence-electron chi connectivity index (χ2n) is 6.88. The third kappa shape index (κ3) is 5.67. The van der Waals surface area contributed by atoms with Crippen molar-refractivity contribution < 1.29 is 28.0 Å². The average Bonchev–Trinajstić information content (AvgIpc) is 3.02. The Hall–Kier alpha value is -2.18. The summed E-state index contributed by atoms with van der Waals surface area (Å²) in [6.07, 6.45) is 2.00. The molecule has 156 valence electrons. The molecule has 0 saturated carbocycles. The molecule has 0 saturated heterocycles. The fourth-order valence-corrected chi connectivity index (χ4v) is 4.17. The summed E-state index contributed by atoms with van der Waals surface area (Å²) in [5.41, 5.74) is 9.68. The monoisotopic (exact) mass is 419 g/mol. The van der Waals surface area contributed by atoms with Gasteiger partial charge in [-0.2, -0.15) is 0 Å². The molecule has 0 amide bonds. The third-order valence-electron chi connectivity index (χ3n) is 4.87. The highest BCUT2D eigenvalue weighted by atomic mass is 31.2. The Morgan fingerprint density at radius 1 is 0.966 bits per heavy atom. The van der Waals surface area contributed by atoms with E-state index in [0.29, 0.717) is 13.0 Å². The summed E-state index contributed by atoms with van der Waals surface area (Å²) in [5, 5.41) is 0. The van der Waals surface area contributed by atoms with Gasteiger partial charge < -0.3 is 15.0 Å². The van der Waals surface area contributed by atoms with Gasteiger partial charge in [-0.25, -0.2) is 9.36 Å². The van der Waals surface area contributed by atoms with Crippen molar-refractivity contribution in [3.8, 4) is 11.1 Å². The first-order valence-electron chi connectivity index (χ1n) is 9.74. The fraction of sp³-hybridized carbons (Fsp3) is 0.381. The van der Waals surface area contributed by atoms with E-state index in [2.05, 4.69) is 4.52 Å². The van der Waals surface area contributed by atoms with Crippen molar-refractivity contribution >= 4 is 14.0 Å². The van der Waals surface area contributed by atoms with Gasteiger partial charge in [-0.05, 0) is 41.6 Å². The highest BCUT2D eigenvalue weighted by Gasteiger charge is 2.31. The second kappa shape index (κ2) is 10.0. The summed E-state index contributed by atoms with van der Waals surface area (Å²) in [4.78, 5) is 21.6. The van der Waals surface area contributed by atoms with Gasteiger partial charge in [-0.3, -0.25) is 9.42 Å². The summed E-state index contributed by atoms with van der Waals surface area (Å²) < 4.78 is 26.4. The molecule has 7 nitrogen and oxygen atoms in total. The summed E-state index contributed by atoms with van der Waals surface area (Å²) in [7, 11) is -4.50. The first-order valence-corrected chi connectivity index (χ1v) is 11.2. The predicted molar refractivity (Wildman–Crippen MR) is 109 cm³/mol. The molecule has 0 aliphatic heterocycles. The highest BCUT2D eigenvalue weighted by Crippen LogP contribution is 2.46. The van der Waals surface area contributed by atoms with Crippen LogP contribution in [0.4, 0.5) is 4.79 Å². The minimum absolute atomic E-state index is 0.00590. The van der Waals surface area contributed by atoms with Crippen molar-refractivity contribution in [2.75, 3.05) is 19.8 Å². The molecule has 3 rings (SSSR count). The standard InChI is InChI=1S/C21H26NO6P/c22-13-7-1-2-8-14-27-29(24,25)28-21(23)26-15-20-18-11-5-3-9-16(18)17-10-4-6-12-19(17)20/h3-6,9-12,20H,1-2,7-8,13-15,22H2,(H,24,25). The molecule has 0 heterocycles. The average molecular weight is 419 g/mol. The molecular weight excluding hydrogens is 393 g/mol. The van der Waals surface area contributed by atoms with E-state index >= 15 is 0 Å². The van der Waals surface area contributed by atoms with Crippen molar-refractivity contribution in [1.29, 1.82) is 0 Å². The van der Waals surface area contributed by atoms with Gasteiger partial charge in [0.15, 0.2) is 0 Å². The van der Waals surface area contributed by atoms with Crippen LogP contribution in [-0.2, 0) is 18.3 Å². The topological polar surface area (TPSA) is 108 Å². The molecule has 29 heavy (non-hydrogen) atoms. The van der Waals surface area contributed by atoms with Gasteiger partial charge in [-0.1, -0.05) is 61.4 Å². The van der Waals surface area contributed by atoms with Crippen LogP contribution in [-0.4, -0.2) is 30.8 Å². The zero-order chi connectivity index (χ0) is 20.7. The van der Waals surface area contributed by atoms with E-state index < -0.39 is 14.0 Å². The lowest BCUT2D eigenvalue weighted by Gasteiger charge is -2.15. The van der Waals surface area contributed by atoms with Crippen LogP contribution in [0.3, 0.4) is 0 Å². The van der Waals surface area contributed by atoms with E-state index in [1.165, 1.54) is 0 Å². The molecule has 0 spiro atoms. The number of benzene rings is 2. The van der Waals surface area contributed by atoms with Crippen LogP contribution < -0.4 is 5.73 Å². The molecule has 1 atom stereocenters. The molecule has 1 unspecified atom stereocenters. The van der Waals surface area contributed by atoms with Crippen LogP contribution in [0.2, 0.25) is 0 Å². The van der Waals surface area contributed by atoms with E-state index in [4.69, 9.17) is 15.0 Å². The summed E-state index contributed by atoms with van der Waals surface area (Å²) in [5.74, 6) is -0.156. The van der Waals surface area contributed by atoms with Crippen molar-refractivity contribution in [2.45, 2.75) is 31.6 Å². The fourth-order valence-electron chi connectivity index (χ4n) is 3.52. The quantitative estimate of drug-likeness (QED) is 0.329. The van der Waals surface area contributed by atoms with Gasteiger partial charge in [0.2, 0.25) is 0 Å². The lowest BCUT2D eigenvalue weighted by Crippen LogP contribution is -2.13. The Kier molecular flexibility index (Phi) is 7.45. The number of carbonyl (C=O) groups excluding carboxylic acids is 1. The molecule has 0 radical (unpaired) electrons.